The number of unbranched alkanes of at least 4 members (excludes halogenated alkanes) is 1. The first-order chi connectivity index (χ1) is 10.1. The Hall–Kier alpha value is -1.87. The first kappa shape index (κ1) is 15.5. The maximum atomic E-state index is 12.2. The van der Waals surface area contributed by atoms with E-state index in [1.54, 1.807) is 4.90 Å². The van der Waals surface area contributed by atoms with Crippen LogP contribution < -0.4 is 5.73 Å². The molecule has 1 amide bonds. The molecule has 3 nitrogen and oxygen atoms in total. The van der Waals surface area contributed by atoms with Crippen LogP contribution in [-0.2, 0) is 11.3 Å². The minimum atomic E-state index is -0.379. The number of rotatable bonds is 6. The Bertz CT molecular complexity index is 609. The SMILES string of the molecule is CCCCC(N)C(=O)N(C)Cc1ccc2ccccc2c1. The molecule has 2 N–H and O–H groups in total. The molecule has 21 heavy (non-hydrogen) atoms. The van der Waals surface area contributed by atoms with Gasteiger partial charge in [-0.15, -0.1) is 0 Å². The maximum absolute atomic E-state index is 12.2. The van der Waals surface area contributed by atoms with Crippen LogP contribution in [0.4, 0.5) is 0 Å². The third-order valence-electron chi connectivity index (χ3n) is 3.80. The summed E-state index contributed by atoms with van der Waals surface area (Å²) in [5.41, 5.74) is 7.09. The van der Waals surface area contributed by atoms with Crippen LogP contribution in [-0.4, -0.2) is 23.9 Å². The first-order valence-electron chi connectivity index (χ1n) is 7.60. The van der Waals surface area contributed by atoms with Crippen LogP contribution >= 0.6 is 0 Å². The van der Waals surface area contributed by atoms with E-state index in [-0.39, 0.29) is 11.9 Å². The van der Waals surface area contributed by atoms with E-state index in [9.17, 15) is 4.79 Å². The highest BCUT2D eigenvalue weighted by atomic mass is 16.2. The summed E-state index contributed by atoms with van der Waals surface area (Å²) in [6.07, 6.45) is 2.82. The summed E-state index contributed by atoms with van der Waals surface area (Å²) < 4.78 is 0. The van der Waals surface area contributed by atoms with Crippen molar-refractivity contribution >= 4 is 16.7 Å². The van der Waals surface area contributed by atoms with Crippen molar-refractivity contribution in [1.82, 2.24) is 4.90 Å². The van der Waals surface area contributed by atoms with Crippen LogP contribution in [0.1, 0.15) is 31.7 Å². The van der Waals surface area contributed by atoms with Crippen LogP contribution in [0.2, 0.25) is 0 Å². The summed E-state index contributed by atoms with van der Waals surface area (Å²) in [7, 11) is 1.82. The lowest BCUT2D eigenvalue weighted by Crippen LogP contribution is -2.41. The van der Waals surface area contributed by atoms with Gasteiger partial charge in [-0.25, -0.2) is 0 Å². The lowest BCUT2D eigenvalue weighted by Gasteiger charge is -2.21. The van der Waals surface area contributed by atoms with Crippen molar-refractivity contribution in [3.8, 4) is 0 Å². The molecular weight excluding hydrogens is 260 g/mol. The number of amides is 1. The van der Waals surface area contributed by atoms with Gasteiger partial charge in [-0.2, -0.15) is 0 Å². The van der Waals surface area contributed by atoms with Crippen molar-refractivity contribution in [1.29, 1.82) is 0 Å². The highest BCUT2D eigenvalue weighted by Gasteiger charge is 2.17. The second kappa shape index (κ2) is 7.23. The molecule has 1 unspecified atom stereocenters. The average molecular weight is 284 g/mol. The summed E-state index contributed by atoms with van der Waals surface area (Å²) in [6, 6.07) is 14.2. The molecule has 0 spiro atoms. The first-order valence-corrected chi connectivity index (χ1v) is 7.60. The molecule has 0 saturated carbocycles. The zero-order chi connectivity index (χ0) is 15.2. The Morgan fingerprint density at radius 1 is 1.19 bits per heavy atom. The molecule has 0 aliphatic heterocycles. The topological polar surface area (TPSA) is 46.3 Å². The molecule has 3 heteroatoms. The molecule has 2 aromatic rings. The second-order valence-corrected chi connectivity index (χ2v) is 5.62. The molecule has 0 fully saturated rings. The lowest BCUT2D eigenvalue weighted by atomic mass is 10.1. The molecule has 0 saturated heterocycles. The fraction of sp³-hybridized carbons (Fsp3) is 0.389. The molecule has 0 aromatic heterocycles. The Kier molecular flexibility index (Phi) is 5.34. The van der Waals surface area contributed by atoms with Gasteiger partial charge in [0.2, 0.25) is 5.91 Å². The van der Waals surface area contributed by atoms with E-state index in [4.69, 9.17) is 5.73 Å². The summed E-state index contributed by atoms with van der Waals surface area (Å²) in [4.78, 5) is 13.9. The summed E-state index contributed by atoms with van der Waals surface area (Å²) >= 11 is 0. The normalized spacial score (nSPS) is 12.3. The molecule has 0 aliphatic rings. The minimum Gasteiger partial charge on any atom is -0.340 e. The van der Waals surface area contributed by atoms with Crippen molar-refractivity contribution in [2.75, 3.05) is 7.05 Å². The second-order valence-electron chi connectivity index (χ2n) is 5.62. The molecule has 0 radical (unpaired) electrons. The fourth-order valence-corrected chi connectivity index (χ4v) is 2.52. The molecule has 0 bridgehead atoms. The van der Waals surface area contributed by atoms with E-state index < -0.39 is 0 Å². The third-order valence-corrected chi connectivity index (χ3v) is 3.80. The number of likely N-dealkylation sites (N-methyl/N-ethyl adjacent to an activating group) is 1. The van der Waals surface area contributed by atoms with Gasteiger partial charge in [0, 0.05) is 13.6 Å². The van der Waals surface area contributed by atoms with E-state index in [0.29, 0.717) is 6.54 Å². The van der Waals surface area contributed by atoms with Crippen LogP contribution in [0.5, 0.6) is 0 Å². The van der Waals surface area contributed by atoms with Gasteiger partial charge in [0.1, 0.15) is 0 Å². The van der Waals surface area contributed by atoms with Gasteiger partial charge in [-0.05, 0) is 28.8 Å². The van der Waals surface area contributed by atoms with Gasteiger partial charge in [0.15, 0.2) is 0 Å². The number of nitrogens with zero attached hydrogens (tertiary/aromatic N) is 1. The van der Waals surface area contributed by atoms with E-state index in [2.05, 4.69) is 37.3 Å². The smallest absolute Gasteiger partial charge is 0.239 e. The quantitative estimate of drug-likeness (QED) is 0.884. The average Bonchev–Trinajstić information content (AvgIpc) is 2.51. The Morgan fingerprint density at radius 2 is 1.90 bits per heavy atom. The Labute approximate surface area is 126 Å². The van der Waals surface area contributed by atoms with Crippen molar-refractivity contribution < 1.29 is 4.79 Å². The van der Waals surface area contributed by atoms with Crippen LogP contribution in [0, 0.1) is 0 Å². The molecule has 0 heterocycles. The fourth-order valence-electron chi connectivity index (χ4n) is 2.52. The van der Waals surface area contributed by atoms with E-state index >= 15 is 0 Å². The van der Waals surface area contributed by atoms with Gasteiger partial charge in [0.25, 0.3) is 0 Å². The predicted molar refractivity (Wildman–Crippen MR) is 87.9 cm³/mol. The number of fused-ring (bicyclic) bond motifs is 1. The lowest BCUT2D eigenvalue weighted by molar-refractivity contribution is -0.132. The van der Waals surface area contributed by atoms with Gasteiger partial charge in [-0.3, -0.25) is 4.79 Å². The molecular formula is C18H24N2O. The van der Waals surface area contributed by atoms with E-state index in [0.717, 1.165) is 24.8 Å². The number of hydrogen-bond acceptors (Lipinski definition) is 2. The third kappa shape index (κ3) is 4.05. The standard InChI is InChI=1S/C18H24N2O/c1-3-4-9-17(19)18(21)20(2)13-14-10-11-15-7-5-6-8-16(15)12-14/h5-8,10-12,17H,3-4,9,13,19H2,1-2H3. The number of benzene rings is 2. The minimum absolute atomic E-state index is 0.0246. The monoisotopic (exact) mass is 284 g/mol. The van der Waals surface area contributed by atoms with Crippen molar-refractivity contribution in [3.63, 3.8) is 0 Å². The van der Waals surface area contributed by atoms with Gasteiger partial charge in [0.05, 0.1) is 6.04 Å². The molecule has 2 aromatic carbocycles. The Balaban J connectivity index is 2.03. The number of nitrogens with two attached hydrogens (primary N) is 1. The molecule has 2 rings (SSSR count). The molecule has 112 valence electrons. The van der Waals surface area contributed by atoms with Crippen molar-refractivity contribution in [2.24, 2.45) is 5.73 Å². The van der Waals surface area contributed by atoms with Gasteiger partial charge >= 0.3 is 0 Å². The van der Waals surface area contributed by atoms with Gasteiger partial charge < -0.3 is 10.6 Å². The van der Waals surface area contributed by atoms with E-state index in [1.165, 1.54) is 10.8 Å². The maximum Gasteiger partial charge on any atom is 0.239 e. The number of carbonyl (C=O) groups is 1. The Morgan fingerprint density at radius 3 is 2.62 bits per heavy atom. The summed E-state index contributed by atoms with van der Waals surface area (Å²) in [5, 5.41) is 2.42. The largest absolute Gasteiger partial charge is 0.340 e. The number of hydrogen-bond donors (Lipinski definition) is 1. The van der Waals surface area contributed by atoms with Crippen LogP contribution in [0.3, 0.4) is 0 Å². The van der Waals surface area contributed by atoms with E-state index in [1.807, 2.05) is 19.2 Å². The zero-order valence-electron chi connectivity index (χ0n) is 12.9. The van der Waals surface area contributed by atoms with Crippen LogP contribution in [0.25, 0.3) is 10.8 Å². The molecule has 0 aliphatic carbocycles. The number of carbonyl (C=O) groups excluding carboxylic acids is 1. The van der Waals surface area contributed by atoms with Crippen molar-refractivity contribution in [2.45, 2.75) is 38.8 Å². The summed E-state index contributed by atoms with van der Waals surface area (Å²) in [5.74, 6) is 0.0246. The highest BCUT2D eigenvalue weighted by Crippen LogP contribution is 2.17. The van der Waals surface area contributed by atoms with Gasteiger partial charge in [-0.1, -0.05) is 56.2 Å². The highest BCUT2D eigenvalue weighted by molar-refractivity contribution is 5.84. The molecule has 1 atom stereocenters. The van der Waals surface area contributed by atoms with Crippen LogP contribution in [0.15, 0.2) is 42.5 Å². The summed E-state index contributed by atoms with van der Waals surface area (Å²) in [6.45, 7) is 2.71. The predicted octanol–water partition coefficient (Wildman–Crippen LogP) is 3.32. The zero-order valence-corrected chi connectivity index (χ0v) is 12.9. The van der Waals surface area contributed by atoms with Crippen molar-refractivity contribution in [3.05, 3.63) is 48.0 Å².